The van der Waals surface area contributed by atoms with E-state index in [9.17, 15) is 5.11 Å². The lowest BCUT2D eigenvalue weighted by Crippen LogP contribution is -2.29. The molecule has 2 aromatic carbocycles. The third kappa shape index (κ3) is 4.71. The lowest BCUT2D eigenvalue weighted by Gasteiger charge is -2.29. The number of rotatable bonds is 8. The molecule has 4 nitrogen and oxygen atoms in total. The summed E-state index contributed by atoms with van der Waals surface area (Å²) in [6.45, 7) is 3.64. The normalized spacial score (nSPS) is 12.2. The zero-order valence-electron chi connectivity index (χ0n) is 14.0. The maximum Gasteiger partial charge on any atom is 0.122 e. The van der Waals surface area contributed by atoms with Gasteiger partial charge in [-0.05, 0) is 30.2 Å². The zero-order chi connectivity index (χ0) is 16.7. The van der Waals surface area contributed by atoms with Crippen LogP contribution < -0.4 is 9.47 Å². The fourth-order valence-electron chi connectivity index (χ4n) is 2.64. The van der Waals surface area contributed by atoms with Crippen molar-refractivity contribution in [2.45, 2.75) is 19.5 Å². The molecule has 0 spiro atoms. The Labute approximate surface area is 138 Å². The molecule has 1 unspecified atom stereocenters. The Hall–Kier alpha value is -2.04. The summed E-state index contributed by atoms with van der Waals surface area (Å²) < 4.78 is 10.7. The molecular weight excluding hydrogens is 290 g/mol. The van der Waals surface area contributed by atoms with Gasteiger partial charge in [0, 0.05) is 25.2 Å². The highest BCUT2D eigenvalue weighted by molar-refractivity contribution is 5.39. The largest absolute Gasteiger partial charge is 0.497 e. The van der Waals surface area contributed by atoms with Crippen molar-refractivity contribution in [2.24, 2.45) is 0 Å². The van der Waals surface area contributed by atoms with Crippen LogP contribution in [0.25, 0.3) is 0 Å². The summed E-state index contributed by atoms with van der Waals surface area (Å²) >= 11 is 0. The summed E-state index contributed by atoms with van der Waals surface area (Å²) in [6.07, 6.45) is 0. The molecule has 2 aromatic rings. The molecule has 0 aromatic heterocycles. The second-order valence-corrected chi connectivity index (χ2v) is 5.50. The summed E-state index contributed by atoms with van der Waals surface area (Å²) in [4.78, 5) is 2.24. The van der Waals surface area contributed by atoms with Crippen LogP contribution in [-0.2, 0) is 6.54 Å². The molecule has 0 amide bonds. The van der Waals surface area contributed by atoms with Crippen LogP contribution >= 0.6 is 0 Å². The Morgan fingerprint density at radius 3 is 2.13 bits per heavy atom. The van der Waals surface area contributed by atoms with Gasteiger partial charge in [-0.25, -0.2) is 0 Å². The first-order valence-electron chi connectivity index (χ1n) is 7.79. The van der Waals surface area contributed by atoms with E-state index < -0.39 is 0 Å². The van der Waals surface area contributed by atoms with Crippen LogP contribution in [-0.4, -0.2) is 37.4 Å². The molecule has 0 aliphatic carbocycles. The van der Waals surface area contributed by atoms with Crippen molar-refractivity contribution < 1.29 is 14.6 Å². The zero-order valence-corrected chi connectivity index (χ0v) is 14.0. The quantitative estimate of drug-likeness (QED) is 0.812. The minimum absolute atomic E-state index is 0.123. The number of methoxy groups -OCH3 is 2. The molecule has 0 aliphatic heterocycles. The highest BCUT2D eigenvalue weighted by Crippen LogP contribution is 2.30. The summed E-state index contributed by atoms with van der Waals surface area (Å²) in [6, 6.07) is 16.3. The van der Waals surface area contributed by atoms with Crippen LogP contribution in [0.1, 0.15) is 24.1 Å². The highest BCUT2D eigenvalue weighted by Gasteiger charge is 2.17. The minimum atomic E-state index is 0.123. The van der Waals surface area contributed by atoms with Crippen molar-refractivity contribution in [3.8, 4) is 11.5 Å². The van der Waals surface area contributed by atoms with Crippen LogP contribution in [0.15, 0.2) is 48.5 Å². The number of nitrogens with zero attached hydrogens (tertiary/aromatic N) is 1. The predicted molar refractivity (Wildman–Crippen MR) is 91.9 cm³/mol. The summed E-state index contributed by atoms with van der Waals surface area (Å²) in [5, 5.41) is 9.42. The van der Waals surface area contributed by atoms with Crippen molar-refractivity contribution in [3.05, 3.63) is 59.7 Å². The average molecular weight is 315 g/mol. The molecule has 0 heterocycles. The van der Waals surface area contributed by atoms with Crippen molar-refractivity contribution >= 4 is 0 Å². The second-order valence-electron chi connectivity index (χ2n) is 5.50. The minimum Gasteiger partial charge on any atom is -0.497 e. The molecule has 0 radical (unpaired) electrons. The van der Waals surface area contributed by atoms with Crippen LogP contribution in [0.4, 0.5) is 0 Å². The topological polar surface area (TPSA) is 41.9 Å². The maximum absolute atomic E-state index is 9.42. The van der Waals surface area contributed by atoms with Crippen molar-refractivity contribution in [1.29, 1.82) is 0 Å². The summed E-state index contributed by atoms with van der Waals surface area (Å²) in [7, 11) is 3.30. The molecular formula is C19H25NO3. The number of aliphatic hydroxyl groups excluding tert-OH is 1. The van der Waals surface area contributed by atoms with Crippen LogP contribution in [0.5, 0.6) is 11.5 Å². The van der Waals surface area contributed by atoms with Gasteiger partial charge in [-0.15, -0.1) is 0 Å². The van der Waals surface area contributed by atoms with E-state index in [1.165, 1.54) is 5.56 Å². The number of ether oxygens (including phenoxy) is 2. The fourth-order valence-corrected chi connectivity index (χ4v) is 2.64. The van der Waals surface area contributed by atoms with E-state index in [0.717, 1.165) is 23.6 Å². The number of benzene rings is 2. The first-order valence-corrected chi connectivity index (χ1v) is 7.79. The van der Waals surface area contributed by atoms with Crippen LogP contribution in [0.3, 0.4) is 0 Å². The van der Waals surface area contributed by atoms with Gasteiger partial charge in [-0.3, -0.25) is 4.90 Å². The Kier molecular flexibility index (Phi) is 6.44. The third-order valence-corrected chi connectivity index (χ3v) is 4.02. The van der Waals surface area contributed by atoms with Crippen molar-refractivity contribution in [3.63, 3.8) is 0 Å². The number of hydrogen-bond donors (Lipinski definition) is 1. The van der Waals surface area contributed by atoms with Crippen molar-refractivity contribution in [2.75, 3.05) is 27.4 Å². The van der Waals surface area contributed by atoms with Gasteiger partial charge in [0.25, 0.3) is 0 Å². The van der Waals surface area contributed by atoms with E-state index in [-0.39, 0.29) is 12.6 Å². The molecule has 0 aliphatic rings. The van der Waals surface area contributed by atoms with E-state index in [0.29, 0.717) is 6.54 Å². The second kappa shape index (κ2) is 8.56. The molecule has 2 rings (SSSR count). The van der Waals surface area contributed by atoms with Gasteiger partial charge in [0.2, 0.25) is 0 Å². The highest BCUT2D eigenvalue weighted by atomic mass is 16.5. The molecule has 0 fully saturated rings. The summed E-state index contributed by atoms with van der Waals surface area (Å²) in [5.74, 6) is 1.55. The predicted octanol–water partition coefficient (Wildman–Crippen LogP) is 3.26. The Morgan fingerprint density at radius 2 is 1.61 bits per heavy atom. The standard InChI is InChI=1S/C19H25NO3/c1-15(17-11-18(22-2)13-19(12-17)23-3)20(9-10-21)14-16-7-5-4-6-8-16/h4-8,11-13,15,21H,9-10,14H2,1-3H3. The van der Waals surface area contributed by atoms with Crippen LogP contribution in [0.2, 0.25) is 0 Å². The summed E-state index contributed by atoms with van der Waals surface area (Å²) in [5.41, 5.74) is 2.33. The van der Waals surface area contributed by atoms with Gasteiger partial charge in [-0.2, -0.15) is 0 Å². The Balaban J connectivity index is 2.24. The molecule has 23 heavy (non-hydrogen) atoms. The Morgan fingerprint density at radius 1 is 1.00 bits per heavy atom. The SMILES string of the molecule is COc1cc(OC)cc(C(C)N(CCO)Cc2ccccc2)c1. The van der Waals surface area contributed by atoms with E-state index in [1.807, 2.05) is 36.4 Å². The van der Waals surface area contributed by atoms with Gasteiger partial charge >= 0.3 is 0 Å². The third-order valence-electron chi connectivity index (χ3n) is 4.02. The fraction of sp³-hybridized carbons (Fsp3) is 0.368. The van der Waals surface area contributed by atoms with E-state index >= 15 is 0 Å². The van der Waals surface area contributed by atoms with E-state index in [4.69, 9.17) is 9.47 Å². The smallest absolute Gasteiger partial charge is 0.122 e. The average Bonchev–Trinajstić information content (AvgIpc) is 2.61. The monoisotopic (exact) mass is 315 g/mol. The van der Waals surface area contributed by atoms with Gasteiger partial charge in [0.15, 0.2) is 0 Å². The van der Waals surface area contributed by atoms with E-state index in [2.05, 4.69) is 24.0 Å². The molecule has 0 saturated carbocycles. The van der Waals surface area contributed by atoms with Crippen molar-refractivity contribution in [1.82, 2.24) is 4.90 Å². The van der Waals surface area contributed by atoms with Crippen LogP contribution in [0, 0.1) is 0 Å². The van der Waals surface area contributed by atoms with Gasteiger partial charge in [0.1, 0.15) is 11.5 Å². The molecule has 4 heteroatoms. The molecule has 1 atom stereocenters. The first kappa shape index (κ1) is 17.3. The van der Waals surface area contributed by atoms with E-state index in [1.54, 1.807) is 14.2 Å². The molecule has 0 bridgehead atoms. The van der Waals surface area contributed by atoms with Gasteiger partial charge < -0.3 is 14.6 Å². The number of aliphatic hydroxyl groups is 1. The lowest BCUT2D eigenvalue weighted by atomic mass is 10.0. The maximum atomic E-state index is 9.42. The molecule has 124 valence electrons. The van der Waals surface area contributed by atoms with Gasteiger partial charge in [0.05, 0.1) is 20.8 Å². The lowest BCUT2D eigenvalue weighted by molar-refractivity contribution is 0.151. The van der Waals surface area contributed by atoms with Gasteiger partial charge in [-0.1, -0.05) is 30.3 Å². The molecule has 0 saturated heterocycles. The first-order chi connectivity index (χ1) is 11.2. The number of hydrogen-bond acceptors (Lipinski definition) is 4. The molecule has 1 N–H and O–H groups in total. The Bertz CT molecular complexity index is 579.